The molecule has 1 atom stereocenters. The normalized spacial score (nSPS) is 17.1. The van der Waals surface area contributed by atoms with E-state index in [0.29, 0.717) is 18.7 Å². The Morgan fingerprint density at radius 3 is 2.60 bits per heavy atom. The summed E-state index contributed by atoms with van der Waals surface area (Å²) in [4.78, 5) is 38.1. The molecule has 1 aliphatic heterocycles. The van der Waals surface area contributed by atoms with Crippen molar-refractivity contribution in [1.82, 2.24) is 20.0 Å². The van der Waals surface area contributed by atoms with E-state index < -0.39 is 24.0 Å². The van der Waals surface area contributed by atoms with Crippen molar-refractivity contribution in [1.29, 1.82) is 0 Å². The van der Waals surface area contributed by atoms with Crippen LogP contribution in [0, 0.1) is 5.82 Å². The zero-order valence-corrected chi connectivity index (χ0v) is 16.7. The predicted octanol–water partition coefficient (Wildman–Crippen LogP) is 2.38. The number of aromatic nitrogens is 2. The summed E-state index contributed by atoms with van der Waals surface area (Å²) in [5.41, 5.74) is 2.54. The van der Waals surface area contributed by atoms with Crippen molar-refractivity contribution in [3.63, 3.8) is 0 Å². The van der Waals surface area contributed by atoms with Crippen LogP contribution < -0.4 is 5.32 Å². The van der Waals surface area contributed by atoms with Gasteiger partial charge in [-0.2, -0.15) is 5.10 Å². The number of fused-ring (bicyclic) bond motifs is 1. The lowest BCUT2D eigenvalue weighted by Crippen LogP contribution is -2.41. The molecule has 2 aliphatic rings. The van der Waals surface area contributed by atoms with E-state index in [1.165, 1.54) is 19.1 Å². The largest absolute Gasteiger partial charge is 0.448 e. The molecule has 1 N–H and O–H groups in total. The Hall–Kier alpha value is -3.23. The van der Waals surface area contributed by atoms with Crippen LogP contribution in [0.4, 0.5) is 9.18 Å². The van der Waals surface area contributed by atoms with Crippen LogP contribution in [0.15, 0.2) is 24.3 Å². The number of amides is 3. The summed E-state index contributed by atoms with van der Waals surface area (Å²) in [6.45, 7) is 2.07. The maximum absolute atomic E-state index is 13.3. The minimum atomic E-state index is -1.11. The van der Waals surface area contributed by atoms with Crippen molar-refractivity contribution in [2.24, 2.45) is 0 Å². The third kappa shape index (κ3) is 3.79. The van der Waals surface area contributed by atoms with Crippen molar-refractivity contribution in [3.8, 4) is 5.69 Å². The van der Waals surface area contributed by atoms with E-state index in [-0.39, 0.29) is 18.1 Å². The molecule has 0 saturated carbocycles. The number of hydrogen-bond donors (Lipinski definition) is 1. The Bertz CT molecular complexity index is 986. The van der Waals surface area contributed by atoms with Gasteiger partial charge in [0.25, 0.3) is 5.91 Å². The quantitative estimate of drug-likeness (QED) is 0.612. The highest BCUT2D eigenvalue weighted by atomic mass is 19.1. The van der Waals surface area contributed by atoms with Gasteiger partial charge in [0.15, 0.2) is 11.8 Å². The van der Waals surface area contributed by atoms with Crippen LogP contribution in [0.25, 0.3) is 5.69 Å². The fourth-order valence-corrected chi connectivity index (χ4v) is 3.90. The Kier molecular flexibility index (Phi) is 5.52. The van der Waals surface area contributed by atoms with Gasteiger partial charge in [-0.25, -0.2) is 18.7 Å². The molecule has 1 unspecified atom stereocenters. The zero-order valence-electron chi connectivity index (χ0n) is 16.7. The van der Waals surface area contributed by atoms with Gasteiger partial charge in [0.05, 0.1) is 5.69 Å². The number of rotatable bonds is 4. The molecule has 2 aromatic rings. The highest BCUT2D eigenvalue weighted by Crippen LogP contribution is 2.27. The van der Waals surface area contributed by atoms with Gasteiger partial charge in [-0.05, 0) is 56.9 Å². The first kappa shape index (κ1) is 20.1. The number of halogens is 1. The standard InChI is InChI=1S/C21H23FN4O4/c1-13(19(27)25-12-11-23-21(25)29)30-20(28)18-16-5-3-2-4-6-17(16)26(24-18)15-9-7-14(22)8-10-15/h7-10,13H,2-6,11-12H2,1H3,(H,23,29). The Morgan fingerprint density at radius 2 is 1.90 bits per heavy atom. The summed E-state index contributed by atoms with van der Waals surface area (Å²) in [7, 11) is 0. The average molecular weight is 414 g/mol. The third-order valence-corrected chi connectivity index (χ3v) is 5.45. The maximum atomic E-state index is 13.3. The molecule has 1 aromatic carbocycles. The lowest BCUT2D eigenvalue weighted by Gasteiger charge is -2.17. The molecule has 8 nitrogen and oxygen atoms in total. The molecule has 1 aliphatic carbocycles. The highest BCUT2D eigenvalue weighted by Gasteiger charge is 2.33. The van der Waals surface area contributed by atoms with Crippen molar-refractivity contribution < 1.29 is 23.5 Å². The van der Waals surface area contributed by atoms with Gasteiger partial charge >= 0.3 is 12.0 Å². The first-order chi connectivity index (χ1) is 14.5. The Morgan fingerprint density at radius 1 is 1.17 bits per heavy atom. The lowest BCUT2D eigenvalue weighted by molar-refractivity contribution is -0.136. The average Bonchev–Trinajstić information content (AvgIpc) is 3.23. The summed E-state index contributed by atoms with van der Waals surface area (Å²) in [5, 5.41) is 7.02. The predicted molar refractivity (Wildman–Crippen MR) is 105 cm³/mol. The van der Waals surface area contributed by atoms with E-state index >= 15 is 0 Å². The van der Waals surface area contributed by atoms with E-state index in [0.717, 1.165) is 41.8 Å². The first-order valence-corrected chi connectivity index (χ1v) is 10.1. The minimum Gasteiger partial charge on any atom is -0.448 e. The molecule has 158 valence electrons. The molecule has 9 heteroatoms. The van der Waals surface area contributed by atoms with Crippen molar-refractivity contribution >= 4 is 17.9 Å². The third-order valence-electron chi connectivity index (χ3n) is 5.45. The van der Waals surface area contributed by atoms with Gasteiger partial charge in [0.1, 0.15) is 5.82 Å². The molecule has 1 fully saturated rings. The van der Waals surface area contributed by atoms with E-state index in [1.54, 1.807) is 16.8 Å². The molecule has 4 rings (SSSR count). The lowest BCUT2D eigenvalue weighted by atomic mass is 10.1. The molecule has 2 heterocycles. The van der Waals surface area contributed by atoms with Gasteiger partial charge < -0.3 is 10.1 Å². The number of urea groups is 1. The van der Waals surface area contributed by atoms with Crippen LogP contribution in [0.1, 0.15) is 47.9 Å². The van der Waals surface area contributed by atoms with Crippen molar-refractivity contribution in [3.05, 3.63) is 47.0 Å². The number of carbonyl (C=O) groups is 3. The van der Waals surface area contributed by atoms with E-state index in [2.05, 4.69) is 10.4 Å². The second-order valence-electron chi connectivity index (χ2n) is 7.49. The number of nitrogens with one attached hydrogen (secondary N) is 1. The summed E-state index contributed by atoms with van der Waals surface area (Å²) in [6.07, 6.45) is 3.23. The topological polar surface area (TPSA) is 93.5 Å². The minimum absolute atomic E-state index is 0.168. The van der Waals surface area contributed by atoms with Crippen LogP contribution in [0.2, 0.25) is 0 Å². The van der Waals surface area contributed by atoms with Crippen LogP contribution >= 0.6 is 0 Å². The fraction of sp³-hybridized carbons (Fsp3) is 0.429. The molecular formula is C21H23FN4O4. The van der Waals surface area contributed by atoms with Crippen molar-refractivity contribution in [2.75, 3.05) is 13.1 Å². The Balaban J connectivity index is 1.61. The summed E-state index contributed by atoms with van der Waals surface area (Å²) in [6, 6.07) is 5.43. The summed E-state index contributed by atoms with van der Waals surface area (Å²) in [5.74, 6) is -1.62. The highest BCUT2D eigenvalue weighted by molar-refractivity contribution is 5.99. The molecule has 0 bridgehead atoms. The summed E-state index contributed by atoms with van der Waals surface area (Å²) >= 11 is 0. The molecule has 0 radical (unpaired) electrons. The number of ether oxygens (including phenoxy) is 1. The first-order valence-electron chi connectivity index (χ1n) is 10.1. The number of imide groups is 1. The second kappa shape index (κ2) is 8.25. The van der Waals surface area contributed by atoms with E-state index in [1.807, 2.05) is 0 Å². The molecular weight excluding hydrogens is 391 g/mol. The summed E-state index contributed by atoms with van der Waals surface area (Å²) < 4.78 is 20.4. The molecule has 30 heavy (non-hydrogen) atoms. The van der Waals surface area contributed by atoms with Gasteiger partial charge in [-0.3, -0.25) is 9.69 Å². The van der Waals surface area contributed by atoms with Gasteiger partial charge in [-0.15, -0.1) is 0 Å². The van der Waals surface area contributed by atoms with E-state index in [9.17, 15) is 18.8 Å². The Labute approximate surface area is 173 Å². The van der Waals surface area contributed by atoms with Crippen LogP contribution in [-0.2, 0) is 22.4 Å². The SMILES string of the molecule is CC(OC(=O)c1nn(-c2ccc(F)cc2)c2c1CCCCC2)C(=O)N1CCNC1=O. The maximum Gasteiger partial charge on any atom is 0.359 e. The number of benzene rings is 1. The number of carbonyl (C=O) groups excluding carboxylic acids is 3. The molecule has 1 saturated heterocycles. The van der Waals surface area contributed by atoms with Gasteiger partial charge in [-0.1, -0.05) is 6.42 Å². The molecule has 0 spiro atoms. The van der Waals surface area contributed by atoms with Gasteiger partial charge in [0, 0.05) is 24.3 Å². The number of nitrogens with zero attached hydrogens (tertiary/aromatic N) is 3. The van der Waals surface area contributed by atoms with E-state index in [4.69, 9.17) is 4.74 Å². The fourth-order valence-electron chi connectivity index (χ4n) is 3.90. The second-order valence-corrected chi connectivity index (χ2v) is 7.49. The zero-order chi connectivity index (χ0) is 21.3. The van der Waals surface area contributed by atoms with Crippen LogP contribution in [0.3, 0.4) is 0 Å². The van der Waals surface area contributed by atoms with Gasteiger partial charge in [0.2, 0.25) is 0 Å². The smallest absolute Gasteiger partial charge is 0.359 e. The monoisotopic (exact) mass is 414 g/mol. The number of hydrogen-bond acceptors (Lipinski definition) is 5. The van der Waals surface area contributed by atoms with Crippen LogP contribution in [-0.4, -0.2) is 51.8 Å². The molecule has 3 amide bonds. The van der Waals surface area contributed by atoms with Crippen LogP contribution in [0.5, 0.6) is 0 Å². The van der Waals surface area contributed by atoms with Crippen molar-refractivity contribution in [2.45, 2.75) is 45.1 Å². The molecule has 1 aromatic heterocycles. The number of esters is 1.